The van der Waals surface area contributed by atoms with E-state index in [1.165, 1.54) is 16.9 Å². The summed E-state index contributed by atoms with van der Waals surface area (Å²) in [6, 6.07) is 8.26. The van der Waals surface area contributed by atoms with Gasteiger partial charge < -0.3 is 25.0 Å². The van der Waals surface area contributed by atoms with Gasteiger partial charge in [-0.15, -0.1) is 0 Å². The lowest BCUT2D eigenvalue weighted by Crippen LogP contribution is -2.56. The fourth-order valence-electron chi connectivity index (χ4n) is 5.98. The minimum Gasteiger partial charge on any atom is -0.493 e. The Bertz CT molecular complexity index is 946. The summed E-state index contributed by atoms with van der Waals surface area (Å²) in [5, 5.41) is 21.3. The molecule has 3 fully saturated rings. The Hall–Kier alpha value is -2.79. The summed E-state index contributed by atoms with van der Waals surface area (Å²) < 4.78 is 5.97. The number of carbonyl (C=O) groups excluding carboxylic acids is 1. The van der Waals surface area contributed by atoms with Crippen molar-refractivity contribution in [3.8, 4) is 11.8 Å². The van der Waals surface area contributed by atoms with E-state index in [1.807, 2.05) is 18.2 Å². The highest BCUT2D eigenvalue weighted by Crippen LogP contribution is 2.42. The molecule has 176 valence electrons. The second kappa shape index (κ2) is 9.22. The number of fused-ring (bicyclic) bond motifs is 3. The van der Waals surface area contributed by atoms with Crippen LogP contribution in [0.2, 0.25) is 0 Å². The van der Waals surface area contributed by atoms with Crippen LogP contribution in [0.15, 0.2) is 18.2 Å². The first kappa shape index (κ1) is 22.0. The van der Waals surface area contributed by atoms with Gasteiger partial charge in [0.2, 0.25) is 5.91 Å². The molecule has 0 unspecified atom stereocenters. The van der Waals surface area contributed by atoms with E-state index in [4.69, 9.17) is 9.84 Å². The van der Waals surface area contributed by atoms with Crippen molar-refractivity contribution >= 4 is 12.0 Å². The van der Waals surface area contributed by atoms with E-state index in [9.17, 15) is 14.9 Å². The molecule has 8 heteroatoms. The van der Waals surface area contributed by atoms with Gasteiger partial charge >= 0.3 is 6.09 Å². The van der Waals surface area contributed by atoms with Crippen molar-refractivity contribution in [2.45, 2.75) is 44.1 Å². The van der Waals surface area contributed by atoms with Gasteiger partial charge in [0.25, 0.3) is 0 Å². The lowest BCUT2D eigenvalue weighted by molar-refractivity contribution is -0.130. The van der Waals surface area contributed by atoms with Gasteiger partial charge in [0.15, 0.2) is 0 Å². The summed E-state index contributed by atoms with van der Waals surface area (Å²) >= 11 is 0. The van der Waals surface area contributed by atoms with E-state index >= 15 is 0 Å². The maximum Gasteiger partial charge on any atom is 0.407 e. The number of carboxylic acid groups (broad SMARTS) is 1. The first-order valence-electron chi connectivity index (χ1n) is 12.2. The van der Waals surface area contributed by atoms with E-state index in [0.717, 1.165) is 57.7 Å². The number of nitriles is 1. The molecule has 2 atom stereocenters. The number of nitrogens with zero attached hydrogens (tertiary/aromatic N) is 3. The lowest BCUT2D eigenvalue weighted by atomic mass is 9.83. The Balaban J connectivity index is 1.04. The maximum atomic E-state index is 12.3. The van der Waals surface area contributed by atoms with Gasteiger partial charge in [0, 0.05) is 49.6 Å². The molecule has 1 aromatic carbocycles. The highest BCUT2D eigenvalue weighted by atomic mass is 16.5. The third-order valence-corrected chi connectivity index (χ3v) is 8.08. The number of benzene rings is 1. The molecule has 33 heavy (non-hydrogen) atoms. The van der Waals surface area contributed by atoms with Crippen LogP contribution < -0.4 is 10.1 Å². The van der Waals surface area contributed by atoms with Crippen molar-refractivity contribution in [2.24, 2.45) is 17.8 Å². The predicted octanol–water partition coefficient (Wildman–Crippen LogP) is 2.64. The third kappa shape index (κ3) is 4.65. The van der Waals surface area contributed by atoms with Crippen LogP contribution in [0, 0.1) is 29.1 Å². The van der Waals surface area contributed by atoms with Crippen molar-refractivity contribution in [2.75, 3.05) is 39.3 Å². The molecule has 5 rings (SSSR count). The standard InChI is InChI=1S/C25H32N4O4/c26-10-17-3-6-23-21(9-17)22-14-28(11-19(22)15-33-23)8-7-16-1-4-20(5-2-16)27-24(30)18-12-29(13-18)25(31)32/h3,6,9,16,18-20,22H,1-2,4-5,7-8,11-15H2,(H,27,30)(H,31,32)/t16?,19-,20?,22+/m0/s1. The second-order valence-corrected chi connectivity index (χ2v) is 10.2. The van der Waals surface area contributed by atoms with Crippen LogP contribution >= 0.6 is 0 Å². The molecule has 3 aliphatic heterocycles. The van der Waals surface area contributed by atoms with Gasteiger partial charge in [-0.2, -0.15) is 5.26 Å². The van der Waals surface area contributed by atoms with Crippen molar-refractivity contribution in [1.82, 2.24) is 15.1 Å². The number of likely N-dealkylation sites (tertiary alicyclic amines) is 2. The predicted molar refractivity (Wildman–Crippen MR) is 121 cm³/mol. The maximum absolute atomic E-state index is 12.3. The molecule has 4 aliphatic rings. The highest BCUT2D eigenvalue weighted by molar-refractivity contribution is 5.82. The zero-order valence-corrected chi connectivity index (χ0v) is 18.9. The largest absolute Gasteiger partial charge is 0.493 e. The Morgan fingerprint density at radius 2 is 1.94 bits per heavy atom. The molecule has 1 aliphatic carbocycles. The monoisotopic (exact) mass is 452 g/mol. The molecular weight excluding hydrogens is 420 g/mol. The fraction of sp³-hybridized carbons (Fsp3) is 0.640. The molecule has 2 N–H and O–H groups in total. The average molecular weight is 453 g/mol. The number of carbonyl (C=O) groups is 2. The Labute approximate surface area is 194 Å². The fourth-order valence-corrected chi connectivity index (χ4v) is 5.98. The number of rotatable bonds is 5. The van der Waals surface area contributed by atoms with Gasteiger partial charge in [-0.3, -0.25) is 4.79 Å². The first-order valence-corrected chi connectivity index (χ1v) is 12.2. The summed E-state index contributed by atoms with van der Waals surface area (Å²) in [7, 11) is 0. The van der Waals surface area contributed by atoms with E-state index < -0.39 is 6.09 Å². The minimum absolute atomic E-state index is 0.0117. The summed E-state index contributed by atoms with van der Waals surface area (Å²) in [6.45, 7) is 4.59. The molecule has 8 nitrogen and oxygen atoms in total. The Kier molecular flexibility index (Phi) is 6.15. The molecular formula is C25H32N4O4. The number of hydrogen-bond acceptors (Lipinski definition) is 5. The average Bonchev–Trinajstić information content (AvgIpc) is 3.20. The van der Waals surface area contributed by atoms with Crippen LogP contribution in [0.4, 0.5) is 4.79 Å². The summed E-state index contributed by atoms with van der Waals surface area (Å²) in [5.41, 5.74) is 1.90. The number of ether oxygens (including phenoxy) is 1. The van der Waals surface area contributed by atoms with Gasteiger partial charge in [0.05, 0.1) is 24.2 Å². The molecule has 0 spiro atoms. The van der Waals surface area contributed by atoms with Crippen LogP contribution in [0.25, 0.3) is 0 Å². The number of nitrogens with one attached hydrogen (secondary N) is 1. The first-order chi connectivity index (χ1) is 16.0. The smallest absolute Gasteiger partial charge is 0.407 e. The zero-order chi connectivity index (χ0) is 22.9. The molecule has 0 aromatic heterocycles. The molecule has 3 heterocycles. The molecule has 0 bridgehead atoms. The van der Waals surface area contributed by atoms with Gasteiger partial charge in [-0.05, 0) is 62.8 Å². The SMILES string of the molecule is N#Cc1ccc2c(c1)[C@@H]1CN(CCC3CCC(NC(=O)C4CN(C(=O)O)C4)CC3)C[C@H]1CO2. The van der Waals surface area contributed by atoms with Crippen molar-refractivity contribution in [3.05, 3.63) is 29.3 Å². The Morgan fingerprint density at radius 1 is 1.15 bits per heavy atom. The molecule has 0 radical (unpaired) electrons. The molecule has 2 amide bonds. The van der Waals surface area contributed by atoms with E-state index in [1.54, 1.807) is 0 Å². The molecule has 2 saturated heterocycles. The second-order valence-electron chi connectivity index (χ2n) is 10.2. The normalized spacial score (nSPS) is 29.2. The van der Waals surface area contributed by atoms with Crippen molar-refractivity contribution < 1.29 is 19.4 Å². The topological polar surface area (TPSA) is 106 Å². The lowest BCUT2D eigenvalue weighted by Gasteiger charge is -2.37. The molecule has 1 saturated carbocycles. The van der Waals surface area contributed by atoms with Gasteiger partial charge in [-0.25, -0.2) is 4.79 Å². The van der Waals surface area contributed by atoms with E-state index in [2.05, 4.69) is 16.3 Å². The Morgan fingerprint density at radius 3 is 2.67 bits per heavy atom. The quantitative estimate of drug-likeness (QED) is 0.712. The van der Waals surface area contributed by atoms with Crippen LogP contribution in [0.1, 0.15) is 49.1 Å². The summed E-state index contributed by atoms with van der Waals surface area (Å²) in [4.78, 5) is 27.0. The van der Waals surface area contributed by atoms with Gasteiger partial charge in [-0.1, -0.05) is 0 Å². The van der Waals surface area contributed by atoms with Crippen LogP contribution in [-0.2, 0) is 4.79 Å². The summed E-state index contributed by atoms with van der Waals surface area (Å²) in [5.74, 6) is 2.42. The summed E-state index contributed by atoms with van der Waals surface area (Å²) in [6.07, 6.45) is 4.52. The highest BCUT2D eigenvalue weighted by Gasteiger charge is 2.39. The van der Waals surface area contributed by atoms with Gasteiger partial charge in [0.1, 0.15) is 5.75 Å². The van der Waals surface area contributed by atoms with Crippen LogP contribution in [0.5, 0.6) is 5.75 Å². The zero-order valence-electron chi connectivity index (χ0n) is 18.9. The minimum atomic E-state index is -0.944. The van der Waals surface area contributed by atoms with E-state index in [-0.39, 0.29) is 17.9 Å². The van der Waals surface area contributed by atoms with E-state index in [0.29, 0.717) is 36.4 Å². The number of hydrogen-bond donors (Lipinski definition) is 2. The van der Waals surface area contributed by atoms with Crippen LogP contribution in [0.3, 0.4) is 0 Å². The van der Waals surface area contributed by atoms with Crippen molar-refractivity contribution in [3.63, 3.8) is 0 Å². The van der Waals surface area contributed by atoms with Crippen molar-refractivity contribution in [1.29, 1.82) is 5.26 Å². The number of amides is 2. The van der Waals surface area contributed by atoms with Crippen LogP contribution in [-0.4, -0.2) is 72.3 Å². The molecule has 1 aromatic rings. The third-order valence-electron chi connectivity index (χ3n) is 8.08.